The van der Waals surface area contributed by atoms with E-state index < -0.39 is 11.0 Å². The lowest BCUT2D eigenvalue weighted by Gasteiger charge is -2.04. The van der Waals surface area contributed by atoms with E-state index >= 15 is 0 Å². The highest BCUT2D eigenvalue weighted by Crippen LogP contribution is 2.25. The molecule has 1 aromatic carbocycles. The maximum atomic E-state index is 10.4. The molecule has 1 aromatic rings. The van der Waals surface area contributed by atoms with Crippen LogP contribution >= 0.6 is 0 Å². The third-order valence-corrected chi connectivity index (χ3v) is 1.73. The molecule has 0 aliphatic carbocycles. The Labute approximate surface area is 74.9 Å². The molecule has 0 saturated carbocycles. The Morgan fingerprint density at radius 1 is 1.62 bits per heavy atom. The maximum absolute atomic E-state index is 10.4. The molecule has 0 unspecified atom stereocenters. The van der Waals surface area contributed by atoms with Crippen molar-refractivity contribution in [1.29, 1.82) is 0 Å². The van der Waals surface area contributed by atoms with E-state index in [4.69, 9.17) is 10.8 Å². The van der Waals surface area contributed by atoms with Crippen LogP contribution in [0.3, 0.4) is 0 Å². The minimum atomic E-state index is -0.723. The summed E-state index contributed by atoms with van der Waals surface area (Å²) in [6, 6.07) is 4.26. The molecule has 70 valence electrons. The molecular formula is C8H10N2O3. The van der Waals surface area contributed by atoms with Gasteiger partial charge in [0.05, 0.1) is 11.0 Å². The number of hydrogen-bond acceptors (Lipinski definition) is 4. The quantitative estimate of drug-likeness (QED) is 0.409. The van der Waals surface area contributed by atoms with Gasteiger partial charge in [-0.15, -0.1) is 0 Å². The zero-order chi connectivity index (χ0) is 10.0. The van der Waals surface area contributed by atoms with Gasteiger partial charge < -0.3 is 10.8 Å². The van der Waals surface area contributed by atoms with Crippen LogP contribution in [0.15, 0.2) is 18.2 Å². The normalized spacial score (nSPS) is 12.5. The van der Waals surface area contributed by atoms with E-state index in [1.165, 1.54) is 19.1 Å². The molecule has 0 heterocycles. The van der Waals surface area contributed by atoms with Crippen LogP contribution in [0.4, 0.5) is 11.4 Å². The van der Waals surface area contributed by atoms with Crippen LogP contribution in [-0.2, 0) is 0 Å². The summed E-state index contributed by atoms with van der Waals surface area (Å²) < 4.78 is 0. The molecular weight excluding hydrogens is 172 g/mol. The average molecular weight is 182 g/mol. The standard InChI is InChI=1S/C8H10N2O3/c1-5(11)6-2-3-7(9)8(4-6)10(12)13/h2-5,11H,9H2,1H3/t5-/m0/s1. The molecule has 1 atom stereocenters. The second-order valence-electron chi connectivity index (χ2n) is 2.75. The lowest BCUT2D eigenvalue weighted by Crippen LogP contribution is -1.98. The van der Waals surface area contributed by atoms with Gasteiger partial charge in [0.25, 0.3) is 5.69 Å². The van der Waals surface area contributed by atoms with Crippen LogP contribution in [0.25, 0.3) is 0 Å². The number of nitrogens with zero attached hydrogens (tertiary/aromatic N) is 1. The summed E-state index contributed by atoms with van der Waals surface area (Å²) in [7, 11) is 0. The van der Waals surface area contributed by atoms with E-state index in [0.29, 0.717) is 5.56 Å². The van der Waals surface area contributed by atoms with Gasteiger partial charge in [-0.05, 0) is 18.6 Å². The van der Waals surface area contributed by atoms with Gasteiger partial charge >= 0.3 is 0 Å². The first-order chi connectivity index (χ1) is 6.02. The molecule has 0 aromatic heterocycles. The molecule has 0 bridgehead atoms. The molecule has 0 amide bonds. The molecule has 13 heavy (non-hydrogen) atoms. The van der Waals surface area contributed by atoms with E-state index in [9.17, 15) is 10.1 Å². The fourth-order valence-electron chi connectivity index (χ4n) is 0.979. The molecule has 0 radical (unpaired) electrons. The van der Waals surface area contributed by atoms with Gasteiger partial charge in [-0.3, -0.25) is 10.1 Å². The number of hydrogen-bond donors (Lipinski definition) is 2. The Hall–Kier alpha value is -1.62. The van der Waals surface area contributed by atoms with Gasteiger partial charge in [0, 0.05) is 6.07 Å². The van der Waals surface area contributed by atoms with Crippen LogP contribution in [0.5, 0.6) is 0 Å². The fourth-order valence-corrected chi connectivity index (χ4v) is 0.979. The Bertz CT molecular complexity index is 336. The summed E-state index contributed by atoms with van der Waals surface area (Å²) in [4.78, 5) is 9.87. The van der Waals surface area contributed by atoms with Gasteiger partial charge in [0.2, 0.25) is 0 Å². The Kier molecular flexibility index (Phi) is 2.48. The van der Waals surface area contributed by atoms with E-state index in [0.717, 1.165) is 0 Å². The Balaban J connectivity index is 3.19. The van der Waals surface area contributed by atoms with E-state index in [1.807, 2.05) is 0 Å². The van der Waals surface area contributed by atoms with Crippen LogP contribution in [0.2, 0.25) is 0 Å². The van der Waals surface area contributed by atoms with Crippen molar-refractivity contribution in [1.82, 2.24) is 0 Å². The number of nitrogens with two attached hydrogens (primary N) is 1. The van der Waals surface area contributed by atoms with Crippen LogP contribution in [0.1, 0.15) is 18.6 Å². The number of benzene rings is 1. The van der Waals surface area contributed by atoms with Crippen molar-refractivity contribution in [3.63, 3.8) is 0 Å². The summed E-state index contributed by atoms with van der Waals surface area (Å²) >= 11 is 0. The minimum absolute atomic E-state index is 0.106. The van der Waals surface area contributed by atoms with Crippen LogP contribution < -0.4 is 5.73 Å². The lowest BCUT2D eigenvalue weighted by atomic mass is 10.1. The number of nitro benzene ring substituents is 1. The van der Waals surface area contributed by atoms with E-state index in [1.54, 1.807) is 6.07 Å². The Morgan fingerprint density at radius 3 is 2.69 bits per heavy atom. The van der Waals surface area contributed by atoms with Gasteiger partial charge in [-0.1, -0.05) is 6.07 Å². The Morgan fingerprint density at radius 2 is 2.23 bits per heavy atom. The summed E-state index contributed by atoms with van der Waals surface area (Å²) in [6.45, 7) is 1.54. The van der Waals surface area contributed by atoms with Crippen molar-refractivity contribution < 1.29 is 10.0 Å². The predicted octanol–water partition coefficient (Wildman–Crippen LogP) is 1.23. The molecule has 0 spiro atoms. The van der Waals surface area contributed by atoms with Crippen molar-refractivity contribution in [3.05, 3.63) is 33.9 Å². The molecule has 0 fully saturated rings. The zero-order valence-electron chi connectivity index (χ0n) is 7.10. The minimum Gasteiger partial charge on any atom is -0.393 e. The first-order valence-electron chi connectivity index (χ1n) is 3.74. The second kappa shape index (κ2) is 3.40. The van der Waals surface area contributed by atoms with Gasteiger partial charge in [-0.25, -0.2) is 0 Å². The molecule has 0 aliphatic rings. The monoisotopic (exact) mass is 182 g/mol. The zero-order valence-corrected chi connectivity index (χ0v) is 7.10. The number of aliphatic hydroxyl groups is 1. The largest absolute Gasteiger partial charge is 0.393 e. The van der Waals surface area contributed by atoms with Crippen LogP contribution in [-0.4, -0.2) is 10.0 Å². The molecule has 0 saturated heterocycles. The molecule has 3 N–H and O–H groups in total. The SMILES string of the molecule is C[C@H](O)c1ccc(N)c([N+](=O)[O-])c1. The van der Waals surface area contributed by atoms with Crippen molar-refractivity contribution in [2.75, 3.05) is 5.73 Å². The number of anilines is 1. The number of rotatable bonds is 2. The van der Waals surface area contributed by atoms with Crippen molar-refractivity contribution in [3.8, 4) is 0 Å². The first kappa shape index (κ1) is 9.47. The third kappa shape index (κ3) is 1.94. The summed E-state index contributed by atoms with van der Waals surface area (Å²) in [5.41, 5.74) is 5.79. The number of aliphatic hydroxyl groups excluding tert-OH is 1. The van der Waals surface area contributed by atoms with Crippen LogP contribution in [0, 0.1) is 10.1 Å². The summed E-state index contributed by atoms with van der Waals surface area (Å²) in [5, 5.41) is 19.6. The molecule has 0 aliphatic heterocycles. The molecule has 1 rings (SSSR count). The first-order valence-corrected chi connectivity index (χ1v) is 3.74. The van der Waals surface area contributed by atoms with Gasteiger partial charge in [-0.2, -0.15) is 0 Å². The van der Waals surface area contributed by atoms with Crippen molar-refractivity contribution >= 4 is 11.4 Å². The highest BCUT2D eigenvalue weighted by molar-refractivity contribution is 5.59. The summed E-state index contributed by atoms with van der Waals surface area (Å²) in [5.74, 6) is 0. The third-order valence-electron chi connectivity index (χ3n) is 1.73. The summed E-state index contributed by atoms with van der Waals surface area (Å²) in [6.07, 6.45) is -0.723. The highest BCUT2D eigenvalue weighted by Gasteiger charge is 2.13. The van der Waals surface area contributed by atoms with Gasteiger partial charge in [0.1, 0.15) is 5.69 Å². The lowest BCUT2D eigenvalue weighted by molar-refractivity contribution is -0.384. The van der Waals surface area contributed by atoms with E-state index in [2.05, 4.69) is 0 Å². The molecule has 5 heteroatoms. The fraction of sp³-hybridized carbons (Fsp3) is 0.250. The van der Waals surface area contributed by atoms with E-state index in [-0.39, 0.29) is 11.4 Å². The maximum Gasteiger partial charge on any atom is 0.292 e. The number of nitrogen functional groups attached to an aromatic ring is 1. The van der Waals surface area contributed by atoms with Crippen molar-refractivity contribution in [2.45, 2.75) is 13.0 Å². The molecule has 5 nitrogen and oxygen atoms in total. The van der Waals surface area contributed by atoms with Crippen molar-refractivity contribution in [2.24, 2.45) is 0 Å². The second-order valence-corrected chi connectivity index (χ2v) is 2.75. The predicted molar refractivity (Wildman–Crippen MR) is 48.1 cm³/mol. The topological polar surface area (TPSA) is 89.4 Å². The average Bonchev–Trinajstić information content (AvgIpc) is 2.04. The smallest absolute Gasteiger partial charge is 0.292 e. The highest BCUT2D eigenvalue weighted by atomic mass is 16.6. The van der Waals surface area contributed by atoms with Gasteiger partial charge in [0.15, 0.2) is 0 Å². The number of nitro groups is 1.